The van der Waals surface area contributed by atoms with Crippen LogP contribution in [0.4, 0.5) is 5.69 Å². The number of nitrogens with one attached hydrogen (secondary N) is 1. The normalized spacial score (nSPS) is 11.1. The molecule has 0 aliphatic rings. The molecule has 0 saturated carbocycles. The molecule has 144 valence electrons. The second-order valence-corrected chi connectivity index (χ2v) is 8.42. The van der Waals surface area contributed by atoms with Crippen LogP contribution in [0, 0.1) is 0 Å². The van der Waals surface area contributed by atoms with Crippen molar-refractivity contribution in [1.29, 1.82) is 0 Å². The standard InChI is InChI=1S/C20H17ClN2O4S/c1-28(25,26)18-11-15(7-9-17(18)21)20(24)23-16-8-10-19(22-12-16)27-13-14-5-3-2-4-6-14/h2-12H,13H2,1H3,(H,23,24). The Morgan fingerprint density at radius 1 is 1.11 bits per heavy atom. The highest BCUT2D eigenvalue weighted by Crippen LogP contribution is 2.23. The maximum Gasteiger partial charge on any atom is 0.255 e. The number of aromatic nitrogens is 1. The Kier molecular flexibility index (Phi) is 5.96. The van der Waals surface area contributed by atoms with Crippen molar-refractivity contribution in [3.63, 3.8) is 0 Å². The first-order valence-corrected chi connectivity index (χ1v) is 10.5. The molecule has 3 rings (SSSR count). The number of sulfone groups is 1. The fourth-order valence-electron chi connectivity index (χ4n) is 2.40. The summed E-state index contributed by atoms with van der Waals surface area (Å²) in [4.78, 5) is 16.5. The van der Waals surface area contributed by atoms with Gasteiger partial charge in [0.15, 0.2) is 9.84 Å². The zero-order chi connectivity index (χ0) is 20.1. The lowest BCUT2D eigenvalue weighted by atomic mass is 10.2. The number of hydrogen-bond acceptors (Lipinski definition) is 5. The number of anilines is 1. The molecule has 0 spiro atoms. The average Bonchev–Trinajstić information content (AvgIpc) is 2.67. The lowest BCUT2D eigenvalue weighted by Gasteiger charge is -2.09. The number of pyridine rings is 1. The topological polar surface area (TPSA) is 85.4 Å². The number of benzene rings is 2. The smallest absolute Gasteiger partial charge is 0.255 e. The summed E-state index contributed by atoms with van der Waals surface area (Å²) in [5.41, 5.74) is 1.65. The van der Waals surface area contributed by atoms with Gasteiger partial charge in [-0.2, -0.15) is 0 Å². The van der Waals surface area contributed by atoms with E-state index in [0.29, 0.717) is 18.2 Å². The van der Waals surface area contributed by atoms with Gasteiger partial charge in [-0.3, -0.25) is 4.79 Å². The van der Waals surface area contributed by atoms with Gasteiger partial charge in [-0.25, -0.2) is 13.4 Å². The first kappa shape index (κ1) is 19.9. The number of amides is 1. The highest BCUT2D eigenvalue weighted by Gasteiger charge is 2.16. The Balaban J connectivity index is 1.66. The van der Waals surface area contributed by atoms with E-state index in [-0.39, 0.29) is 15.5 Å². The molecule has 1 aromatic heterocycles. The van der Waals surface area contributed by atoms with Gasteiger partial charge in [0.05, 0.1) is 21.8 Å². The van der Waals surface area contributed by atoms with Gasteiger partial charge in [0.25, 0.3) is 5.91 Å². The maximum absolute atomic E-state index is 12.4. The Morgan fingerprint density at radius 3 is 2.50 bits per heavy atom. The van der Waals surface area contributed by atoms with Gasteiger partial charge in [0.1, 0.15) is 6.61 Å². The molecule has 3 aromatic rings. The zero-order valence-electron chi connectivity index (χ0n) is 14.9. The van der Waals surface area contributed by atoms with E-state index in [4.69, 9.17) is 16.3 Å². The van der Waals surface area contributed by atoms with E-state index in [1.807, 2.05) is 30.3 Å². The molecule has 1 N–H and O–H groups in total. The van der Waals surface area contributed by atoms with E-state index in [1.54, 1.807) is 12.1 Å². The molecule has 6 nitrogen and oxygen atoms in total. The van der Waals surface area contributed by atoms with Crippen molar-refractivity contribution in [2.75, 3.05) is 11.6 Å². The van der Waals surface area contributed by atoms with Crippen molar-refractivity contribution in [3.8, 4) is 5.88 Å². The van der Waals surface area contributed by atoms with Crippen LogP contribution in [0.15, 0.2) is 71.8 Å². The molecular formula is C20H17ClN2O4S. The molecule has 1 amide bonds. The van der Waals surface area contributed by atoms with Gasteiger partial charge in [-0.1, -0.05) is 41.9 Å². The number of hydrogen-bond donors (Lipinski definition) is 1. The minimum Gasteiger partial charge on any atom is -0.473 e. The Labute approximate surface area is 168 Å². The number of ether oxygens (including phenoxy) is 1. The number of halogens is 1. The van der Waals surface area contributed by atoms with Crippen LogP contribution in [-0.4, -0.2) is 25.6 Å². The van der Waals surface area contributed by atoms with E-state index in [9.17, 15) is 13.2 Å². The first-order chi connectivity index (χ1) is 13.3. The van der Waals surface area contributed by atoms with E-state index in [0.717, 1.165) is 11.8 Å². The summed E-state index contributed by atoms with van der Waals surface area (Å²) >= 11 is 5.90. The summed E-state index contributed by atoms with van der Waals surface area (Å²) in [5, 5.41) is 2.73. The maximum atomic E-state index is 12.4. The number of rotatable bonds is 6. The molecular weight excluding hydrogens is 400 g/mol. The molecule has 0 bridgehead atoms. The Morgan fingerprint density at radius 2 is 1.86 bits per heavy atom. The molecule has 0 aliphatic heterocycles. The highest BCUT2D eigenvalue weighted by molar-refractivity contribution is 7.90. The van der Waals surface area contributed by atoms with Crippen molar-refractivity contribution >= 4 is 33.0 Å². The van der Waals surface area contributed by atoms with Gasteiger partial charge < -0.3 is 10.1 Å². The van der Waals surface area contributed by atoms with Crippen molar-refractivity contribution < 1.29 is 17.9 Å². The van der Waals surface area contributed by atoms with Crippen LogP contribution in [0.25, 0.3) is 0 Å². The summed E-state index contributed by atoms with van der Waals surface area (Å²) < 4.78 is 29.1. The predicted octanol–water partition coefficient (Wildman–Crippen LogP) is 3.97. The predicted molar refractivity (Wildman–Crippen MR) is 108 cm³/mol. The van der Waals surface area contributed by atoms with Gasteiger partial charge in [0, 0.05) is 17.9 Å². The van der Waals surface area contributed by atoms with Crippen molar-refractivity contribution in [2.24, 2.45) is 0 Å². The fourth-order valence-corrected chi connectivity index (χ4v) is 3.70. The van der Waals surface area contributed by atoms with Gasteiger partial charge in [-0.05, 0) is 29.8 Å². The summed E-state index contributed by atoms with van der Waals surface area (Å²) in [5.74, 6) is -0.0472. The lowest BCUT2D eigenvalue weighted by Crippen LogP contribution is -2.13. The number of carbonyl (C=O) groups excluding carboxylic acids is 1. The van der Waals surface area contributed by atoms with Crippen LogP contribution >= 0.6 is 11.6 Å². The highest BCUT2D eigenvalue weighted by atomic mass is 35.5. The Bertz CT molecular complexity index is 1080. The van der Waals surface area contributed by atoms with Crippen molar-refractivity contribution in [2.45, 2.75) is 11.5 Å². The first-order valence-electron chi connectivity index (χ1n) is 8.27. The third-order valence-electron chi connectivity index (χ3n) is 3.82. The number of nitrogens with zero attached hydrogens (tertiary/aromatic N) is 1. The van der Waals surface area contributed by atoms with Crippen molar-refractivity contribution in [1.82, 2.24) is 4.98 Å². The third-order valence-corrected chi connectivity index (χ3v) is 5.39. The quantitative estimate of drug-likeness (QED) is 0.657. The molecule has 0 fully saturated rings. The largest absolute Gasteiger partial charge is 0.473 e. The molecule has 0 radical (unpaired) electrons. The molecule has 0 unspecified atom stereocenters. The van der Waals surface area contributed by atoms with Crippen LogP contribution in [0.1, 0.15) is 15.9 Å². The summed E-state index contributed by atoms with van der Waals surface area (Å²) in [7, 11) is -3.54. The second kappa shape index (κ2) is 8.41. The van der Waals surface area contributed by atoms with E-state index >= 15 is 0 Å². The monoisotopic (exact) mass is 416 g/mol. The van der Waals surface area contributed by atoms with Gasteiger partial charge in [0.2, 0.25) is 5.88 Å². The molecule has 28 heavy (non-hydrogen) atoms. The van der Waals surface area contributed by atoms with Crippen LogP contribution < -0.4 is 10.1 Å². The van der Waals surface area contributed by atoms with Gasteiger partial charge in [-0.15, -0.1) is 0 Å². The Hall–Kier alpha value is -2.90. The molecule has 0 atom stereocenters. The summed E-state index contributed by atoms with van der Waals surface area (Å²) in [6.07, 6.45) is 2.50. The van der Waals surface area contributed by atoms with E-state index in [2.05, 4.69) is 10.3 Å². The van der Waals surface area contributed by atoms with Crippen LogP contribution in [0.3, 0.4) is 0 Å². The van der Waals surface area contributed by atoms with E-state index < -0.39 is 15.7 Å². The van der Waals surface area contributed by atoms with Crippen LogP contribution in [-0.2, 0) is 16.4 Å². The van der Waals surface area contributed by atoms with Crippen LogP contribution in [0.2, 0.25) is 5.02 Å². The minimum absolute atomic E-state index is 0.0700. The van der Waals surface area contributed by atoms with Crippen molar-refractivity contribution in [3.05, 3.63) is 83.0 Å². The molecule has 8 heteroatoms. The van der Waals surface area contributed by atoms with E-state index in [1.165, 1.54) is 24.4 Å². The van der Waals surface area contributed by atoms with Crippen LogP contribution in [0.5, 0.6) is 5.88 Å². The third kappa shape index (κ3) is 5.09. The minimum atomic E-state index is -3.54. The second-order valence-electron chi connectivity index (χ2n) is 6.03. The molecule has 2 aromatic carbocycles. The average molecular weight is 417 g/mol. The molecule has 0 aliphatic carbocycles. The van der Waals surface area contributed by atoms with Gasteiger partial charge >= 0.3 is 0 Å². The fraction of sp³-hybridized carbons (Fsp3) is 0.100. The zero-order valence-corrected chi connectivity index (χ0v) is 16.5. The lowest BCUT2D eigenvalue weighted by molar-refractivity contribution is 0.102. The summed E-state index contributed by atoms with van der Waals surface area (Å²) in [6, 6.07) is 17.1. The number of carbonyl (C=O) groups is 1. The molecule has 0 saturated heterocycles. The SMILES string of the molecule is CS(=O)(=O)c1cc(C(=O)Nc2ccc(OCc3ccccc3)nc2)ccc1Cl. The molecule has 1 heterocycles. The summed E-state index contributed by atoms with van der Waals surface area (Å²) in [6.45, 7) is 0.387.